The lowest BCUT2D eigenvalue weighted by molar-refractivity contribution is -0.276. The van der Waals surface area contributed by atoms with Gasteiger partial charge in [0, 0.05) is 29.3 Å². The third-order valence-electron chi connectivity index (χ3n) is 13.1. The fourth-order valence-corrected chi connectivity index (χ4v) is 10.5. The summed E-state index contributed by atoms with van der Waals surface area (Å²) in [4.78, 5) is 16.2. The molecule has 0 radical (unpaired) electrons. The molecule has 0 spiro atoms. The van der Waals surface area contributed by atoms with Gasteiger partial charge in [0.25, 0.3) is 0 Å². The molecule has 4 aliphatic carbocycles. The van der Waals surface area contributed by atoms with Gasteiger partial charge in [0.1, 0.15) is 0 Å². The number of amides is 2. The number of carbonyl (C=O) groups excluding carboxylic acids is 1. The molecule has 53 heavy (non-hydrogen) atoms. The summed E-state index contributed by atoms with van der Waals surface area (Å²) < 4.78 is 13.8. The van der Waals surface area contributed by atoms with Crippen LogP contribution < -0.4 is 10.6 Å². The molecule has 3 N–H and O–H groups in total. The zero-order valence-electron chi connectivity index (χ0n) is 33.3. The average molecular weight is 730 g/mol. The number of hydrogen-bond acceptors (Lipinski definition) is 5. The highest BCUT2D eigenvalue weighted by Crippen LogP contribution is 2.55. The zero-order valence-corrected chi connectivity index (χ0v) is 33.3. The van der Waals surface area contributed by atoms with E-state index in [9.17, 15) is 9.90 Å². The van der Waals surface area contributed by atoms with Crippen LogP contribution in [-0.2, 0) is 16.1 Å². The van der Waals surface area contributed by atoms with Gasteiger partial charge in [0.05, 0.1) is 18.8 Å². The summed E-state index contributed by atoms with van der Waals surface area (Å²) in [5.74, 6) is 2.47. The van der Waals surface area contributed by atoms with Crippen LogP contribution in [0.15, 0.2) is 48.5 Å². The summed E-state index contributed by atoms with van der Waals surface area (Å²) in [5.41, 5.74) is 3.66. The van der Waals surface area contributed by atoms with Crippen molar-refractivity contribution in [2.45, 2.75) is 167 Å². The van der Waals surface area contributed by atoms with Crippen molar-refractivity contribution in [2.75, 3.05) is 25.0 Å². The number of unbranched alkanes of at least 4 members (excludes halogenated alkanes) is 10. The molecule has 2 amide bonds. The first-order valence-electron chi connectivity index (χ1n) is 21.8. The number of carbonyl (C=O) groups is 1. The van der Waals surface area contributed by atoms with Gasteiger partial charge in [-0.15, -0.1) is 0 Å². The second-order valence-corrected chi connectivity index (χ2v) is 17.6. The number of aliphatic hydroxyl groups excluding tert-OH is 1. The Hall–Kier alpha value is -2.45. The maximum absolute atomic E-state index is 13.5. The van der Waals surface area contributed by atoms with Gasteiger partial charge in [-0.05, 0) is 105 Å². The highest BCUT2D eigenvalue weighted by atomic mass is 16.7. The van der Waals surface area contributed by atoms with Crippen LogP contribution in [-0.4, -0.2) is 47.3 Å². The molecule has 0 aromatic heterocycles. The number of benzene rings is 2. The average Bonchev–Trinajstić information content (AvgIpc) is 3.14. The number of ether oxygens (including phenoxy) is 2. The van der Waals surface area contributed by atoms with Crippen molar-refractivity contribution in [3.05, 3.63) is 65.2 Å². The molecule has 4 bridgehead atoms. The van der Waals surface area contributed by atoms with Gasteiger partial charge in [-0.3, -0.25) is 0 Å². The molecule has 0 unspecified atom stereocenters. The van der Waals surface area contributed by atoms with Crippen molar-refractivity contribution in [3.8, 4) is 0 Å². The van der Waals surface area contributed by atoms with E-state index in [1.807, 2.05) is 30.3 Å². The van der Waals surface area contributed by atoms with Crippen molar-refractivity contribution < 1.29 is 19.4 Å². The SMILES string of the molecule is CCCCCCCCN(CCCCCCCC)C[C@@H]1O[C@H](c2cccc(NC(=O)NC34CC5CC(CC(C5)C3)C4)c2)O[C@H](c2ccc(CO)cc2)[C@@H]1C. The lowest BCUT2D eigenvalue weighted by Gasteiger charge is -2.56. The van der Waals surface area contributed by atoms with Gasteiger partial charge in [0.15, 0.2) is 6.29 Å². The Morgan fingerprint density at radius 1 is 0.774 bits per heavy atom. The fourth-order valence-electron chi connectivity index (χ4n) is 10.5. The molecule has 7 heteroatoms. The van der Waals surface area contributed by atoms with Crippen LogP contribution in [0.4, 0.5) is 10.5 Å². The van der Waals surface area contributed by atoms with E-state index >= 15 is 0 Å². The third kappa shape index (κ3) is 11.3. The van der Waals surface area contributed by atoms with Gasteiger partial charge in [-0.25, -0.2) is 4.79 Å². The summed E-state index contributed by atoms with van der Waals surface area (Å²) in [7, 11) is 0. The van der Waals surface area contributed by atoms with E-state index in [0.717, 1.165) is 79.0 Å². The molecule has 4 atom stereocenters. The minimum absolute atomic E-state index is 0.0209. The van der Waals surface area contributed by atoms with Gasteiger partial charge < -0.3 is 30.1 Å². The molecule has 1 aliphatic heterocycles. The lowest BCUT2D eigenvalue weighted by atomic mass is 9.53. The number of urea groups is 1. The van der Waals surface area contributed by atoms with E-state index < -0.39 is 6.29 Å². The molecule has 1 heterocycles. The Morgan fingerprint density at radius 2 is 1.36 bits per heavy atom. The van der Waals surface area contributed by atoms with Crippen molar-refractivity contribution in [2.24, 2.45) is 23.7 Å². The normalized spacial score (nSPS) is 29.1. The molecular formula is C46H71N3O4. The Balaban J connectivity index is 1.14. The summed E-state index contributed by atoms with van der Waals surface area (Å²) >= 11 is 0. The summed E-state index contributed by atoms with van der Waals surface area (Å²) in [6.45, 7) is 9.95. The Labute approximate surface area is 321 Å². The first-order valence-corrected chi connectivity index (χ1v) is 21.8. The summed E-state index contributed by atoms with van der Waals surface area (Å²) in [5, 5.41) is 16.4. The van der Waals surface area contributed by atoms with Crippen LogP contribution in [0.5, 0.6) is 0 Å². The zero-order chi connectivity index (χ0) is 37.0. The monoisotopic (exact) mass is 730 g/mol. The number of hydrogen-bond donors (Lipinski definition) is 3. The quantitative estimate of drug-likeness (QED) is 0.111. The Morgan fingerprint density at radius 3 is 1.94 bits per heavy atom. The topological polar surface area (TPSA) is 83.1 Å². The number of nitrogens with zero attached hydrogens (tertiary/aromatic N) is 1. The largest absolute Gasteiger partial charge is 0.392 e. The van der Waals surface area contributed by atoms with Crippen molar-refractivity contribution in [3.63, 3.8) is 0 Å². The number of aliphatic hydroxyl groups is 1. The molecule has 7 rings (SSSR count). The van der Waals surface area contributed by atoms with Crippen LogP contribution >= 0.6 is 0 Å². The van der Waals surface area contributed by atoms with Crippen molar-refractivity contribution >= 4 is 11.7 Å². The summed E-state index contributed by atoms with van der Waals surface area (Å²) in [6, 6.07) is 16.2. The van der Waals surface area contributed by atoms with Crippen LogP contribution in [0.25, 0.3) is 0 Å². The van der Waals surface area contributed by atoms with E-state index in [-0.39, 0.29) is 36.3 Å². The first-order chi connectivity index (χ1) is 25.9. The van der Waals surface area contributed by atoms with Crippen molar-refractivity contribution in [1.29, 1.82) is 0 Å². The maximum atomic E-state index is 13.5. The Kier molecular flexibility index (Phi) is 15.1. The predicted octanol–water partition coefficient (Wildman–Crippen LogP) is 11.1. The van der Waals surface area contributed by atoms with Gasteiger partial charge in [-0.2, -0.15) is 0 Å². The highest BCUT2D eigenvalue weighted by Gasteiger charge is 2.51. The first kappa shape index (κ1) is 40.2. The highest BCUT2D eigenvalue weighted by molar-refractivity contribution is 5.90. The molecule has 294 valence electrons. The van der Waals surface area contributed by atoms with Crippen LogP contribution in [0.3, 0.4) is 0 Å². The minimum atomic E-state index is -0.559. The molecule has 2 aromatic carbocycles. The van der Waals surface area contributed by atoms with Crippen molar-refractivity contribution in [1.82, 2.24) is 10.2 Å². The lowest BCUT2D eigenvalue weighted by Crippen LogP contribution is -2.60. The van der Waals surface area contributed by atoms with Crippen LogP contribution in [0, 0.1) is 23.7 Å². The smallest absolute Gasteiger partial charge is 0.319 e. The molecule has 2 aromatic rings. The third-order valence-corrected chi connectivity index (χ3v) is 13.1. The molecule has 7 nitrogen and oxygen atoms in total. The number of nitrogens with one attached hydrogen (secondary N) is 2. The number of rotatable bonds is 21. The number of anilines is 1. The van der Waals surface area contributed by atoms with E-state index in [0.29, 0.717) is 0 Å². The maximum Gasteiger partial charge on any atom is 0.319 e. The van der Waals surface area contributed by atoms with Crippen LogP contribution in [0.2, 0.25) is 0 Å². The molecule has 4 saturated carbocycles. The van der Waals surface area contributed by atoms with Gasteiger partial charge in [0.2, 0.25) is 0 Å². The Bertz CT molecular complexity index is 1350. The summed E-state index contributed by atoms with van der Waals surface area (Å²) in [6.07, 6.45) is 22.3. The van der Waals surface area contributed by atoms with E-state index in [2.05, 4.69) is 54.5 Å². The molecule has 5 fully saturated rings. The second-order valence-electron chi connectivity index (χ2n) is 17.6. The van der Waals surface area contributed by atoms with Crippen LogP contribution in [0.1, 0.15) is 165 Å². The fraction of sp³-hybridized carbons (Fsp3) is 0.717. The van der Waals surface area contributed by atoms with E-state index in [1.54, 1.807) is 0 Å². The molecule has 1 saturated heterocycles. The molecule has 5 aliphatic rings. The second kappa shape index (κ2) is 19.9. The van der Waals surface area contributed by atoms with E-state index in [4.69, 9.17) is 9.47 Å². The van der Waals surface area contributed by atoms with Gasteiger partial charge >= 0.3 is 6.03 Å². The standard InChI is InChI=1S/C46H71N3O4/c1-4-6-8-10-12-14-23-49(24-15-13-11-9-7-5-2)32-42-34(3)43(39-21-19-35(33-50)20-22-39)53-44(52-42)40-17-16-18-41(28-40)47-45(51)48-46-29-36-25-37(30-46)27-38(26-36)31-46/h16-22,28,34,36-38,42-44,50H,4-15,23-27,29-33H2,1-3H3,(H2,47,48,51)/t34-,36?,37?,38?,42+,43+,44+,46?/m1/s1. The molecular weight excluding hydrogens is 659 g/mol. The van der Waals surface area contributed by atoms with E-state index in [1.165, 1.54) is 96.3 Å². The van der Waals surface area contributed by atoms with Gasteiger partial charge in [-0.1, -0.05) is 121 Å². The predicted molar refractivity (Wildman–Crippen MR) is 216 cm³/mol. The minimum Gasteiger partial charge on any atom is -0.392 e.